The van der Waals surface area contributed by atoms with Crippen molar-refractivity contribution in [2.45, 2.75) is 44.6 Å². The number of sulfonamides is 1. The van der Waals surface area contributed by atoms with Gasteiger partial charge in [-0.1, -0.05) is 48.5 Å². The van der Waals surface area contributed by atoms with Gasteiger partial charge in [0.1, 0.15) is 0 Å². The Labute approximate surface area is 179 Å². The van der Waals surface area contributed by atoms with Gasteiger partial charge in [-0.25, -0.2) is 13.1 Å². The van der Waals surface area contributed by atoms with Crippen molar-refractivity contribution < 1.29 is 13.2 Å². The van der Waals surface area contributed by atoms with Gasteiger partial charge in [-0.15, -0.1) is 0 Å². The maximum Gasteiger partial charge on any atom is 0.226 e. The molecule has 2 fully saturated rings. The zero-order valence-electron chi connectivity index (χ0n) is 17.7. The van der Waals surface area contributed by atoms with Crippen LogP contribution in [0.15, 0.2) is 48.5 Å². The van der Waals surface area contributed by atoms with E-state index in [0.29, 0.717) is 19.5 Å². The molecule has 4 rings (SSSR count). The molecule has 2 aliphatic rings. The summed E-state index contributed by atoms with van der Waals surface area (Å²) in [5.74, 6) is 0.525. The van der Waals surface area contributed by atoms with Crippen molar-refractivity contribution in [3.63, 3.8) is 0 Å². The lowest BCUT2D eigenvalue weighted by atomic mass is 9.92. The number of hydrogen-bond acceptors (Lipinski definition) is 3. The highest BCUT2D eigenvalue weighted by Gasteiger charge is 2.47. The van der Waals surface area contributed by atoms with Crippen molar-refractivity contribution in [3.8, 4) is 11.1 Å². The maximum atomic E-state index is 13.2. The van der Waals surface area contributed by atoms with Gasteiger partial charge in [0.05, 0.1) is 6.26 Å². The minimum atomic E-state index is -3.22. The van der Waals surface area contributed by atoms with E-state index in [1.807, 2.05) is 11.0 Å². The second-order valence-corrected chi connectivity index (χ2v) is 10.5. The molecule has 0 aromatic heterocycles. The number of hydrogen-bond donors (Lipinski definition) is 1. The minimum Gasteiger partial charge on any atom is -0.342 e. The molecule has 1 saturated carbocycles. The number of benzene rings is 2. The number of amides is 1. The molecule has 0 bridgehead atoms. The molecule has 30 heavy (non-hydrogen) atoms. The molecule has 5 nitrogen and oxygen atoms in total. The van der Waals surface area contributed by atoms with Crippen molar-refractivity contribution in [2.75, 3.05) is 19.3 Å². The fourth-order valence-electron chi connectivity index (χ4n) is 4.80. The molecule has 1 aliphatic carbocycles. The Bertz CT molecular complexity index is 1020. The Kier molecular flexibility index (Phi) is 5.98. The lowest BCUT2D eigenvalue weighted by molar-refractivity contribution is -0.132. The summed E-state index contributed by atoms with van der Waals surface area (Å²) in [6, 6.07) is 16.7. The lowest BCUT2D eigenvalue weighted by Gasteiger charge is -2.21. The smallest absolute Gasteiger partial charge is 0.226 e. The summed E-state index contributed by atoms with van der Waals surface area (Å²) in [5, 5.41) is 0. The van der Waals surface area contributed by atoms with Crippen molar-refractivity contribution in [1.29, 1.82) is 0 Å². The first kappa shape index (κ1) is 21.1. The quantitative estimate of drug-likeness (QED) is 0.793. The first-order chi connectivity index (χ1) is 14.3. The van der Waals surface area contributed by atoms with E-state index < -0.39 is 10.0 Å². The summed E-state index contributed by atoms with van der Waals surface area (Å²) < 4.78 is 25.8. The highest BCUT2D eigenvalue weighted by molar-refractivity contribution is 7.88. The van der Waals surface area contributed by atoms with Crippen molar-refractivity contribution in [2.24, 2.45) is 5.92 Å². The molecule has 1 N–H and O–H groups in total. The number of carbonyl (C=O) groups excluding carboxylic acids is 1. The van der Waals surface area contributed by atoms with Crippen LogP contribution in [0.2, 0.25) is 0 Å². The summed E-state index contributed by atoms with van der Waals surface area (Å²) in [5.41, 5.74) is 4.96. The zero-order valence-corrected chi connectivity index (χ0v) is 18.5. The summed E-state index contributed by atoms with van der Waals surface area (Å²) in [7, 11) is -3.22. The molecule has 0 spiro atoms. The lowest BCUT2D eigenvalue weighted by Crippen LogP contribution is -2.36. The first-order valence-electron chi connectivity index (χ1n) is 10.7. The Morgan fingerprint density at radius 1 is 1.03 bits per heavy atom. The van der Waals surface area contributed by atoms with Gasteiger partial charge in [0.2, 0.25) is 15.9 Å². The Morgan fingerprint density at radius 3 is 2.53 bits per heavy atom. The van der Waals surface area contributed by atoms with Crippen molar-refractivity contribution >= 4 is 15.9 Å². The molecular weight excluding hydrogens is 396 g/mol. The number of aryl methyl sites for hydroxylation is 1. The normalized spacial score (nSPS) is 24.3. The Morgan fingerprint density at radius 2 is 1.80 bits per heavy atom. The molecule has 1 heterocycles. The largest absolute Gasteiger partial charge is 0.342 e. The highest BCUT2D eigenvalue weighted by Crippen LogP contribution is 2.52. The van der Waals surface area contributed by atoms with E-state index in [9.17, 15) is 13.2 Å². The van der Waals surface area contributed by atoms with Crippen LogP contribution in [0, 0.1) is 12.8 Å². The van der Waals surface area contributed by atoms with E-state index in [0.717, 1.165) is 19.3 Å². The van der Waals surface area contributed by atoms with Gasteiger partial charge in [-0.3, -0.25) is 4.79 Å². The van der Waals surface area contributed by atoms with Gasteiger partial charge < -0.3 is 4.90 Å². The third-order valence-electron chi connectivity index (χ3n) is 6.31. The zero-order chi connectivity index (χ0) is 21.3. The van der Waals surface area contributed by atoms with Gasteiger partial charge in [0, 0.05) is 25.0 Å². The van der Waals surface area contributed by atoms with Gasteiger partial charge in [-0.2, -0.15) is 0 Å². The fraction of sp³-hybridized carbons (Fsp3) is 0.458. The van der Waals surface area contributed by atoms with Gasteiger partial charge in [-0.05, 0) is 60.8 Å². The molecule has 2 aromatic carbocycles. The number of nitrogens with one attached hydrogen (secondary N) is 1. The van der Waals surface area contributed by atoms with Gasteiger partial charge in [0.15, 0.2) is 0 Å². The van der Waals surface area contributed by atoms with Crippen LogP contribution in [-0.2, 0) is 14.8 Å². The predicted octanol–water partition coefficient (Wildman–Crippen LogP) is 3.70. The van der Waals surface area contributed by atoms with Gasteiger partial charge in [0.25, 0.3) is 0 Å². The number of carbonyl (C=O) groups is 1. The summed E-state index contributed by atoms with van der Waals surface area (Å²) in [4.78, 5) is 15.2. The van der Waals surface area contributed by atoms with Crippen LogP contribution in [0.3, 0.4) is 0 Å². The maximum absolute atomic E-state index is 13.2. The molecule has 6 heteroatoms. The van der Waals surface area contributed by atoms with Crippen LogP contribution in [0.1, 0.15) is 42.7 Å². The number of nitrogens with zero attached hydrogens (tertiary/aromatic N) is 1. The fourth-order valence-corrected chi connectivity index (χ4v) is 5.64. The monoisotopic (exact) mass is 426 g/mol. The molecular formula is C24H30N2O3S. The van der Waals surface area contributed by atoms with E-state index in [1.165, 1.54) is 28.5 Å². The molecule has 1 saturated heterocycles. The van der Waals surface area contributed by atoms with Gasteiger partial charge >= 0.3 is 0 Å². The van der Waals surface area contributed by atoms with E-state index >= 15 is 0 Å². The van der Waals surface area contributed by atoms with Crippen LogP contribution < -0.4 is 4.72 Å². The Hall–Kier alpha value is -2.18. The first-order valence-corrected chi connectivity index (χ1v) is 12.6. The molecule has 2 aromatic rings. The average molecular weight is 427 g/mol. The molecule has 1 aliphatic heterocycles. The molecule has 1 amide bonds. The standard InChI is InChI=1S/C24H30N2O3S/c1-17-8-6-12-20(18-9-4-3-5-10-18)23(17)21-16-22(21)24(27)26-14-7-11-19(13-15-26)25-30(2,28)29/h3-6,8-10,12,19,21-22,25H,7,11,13-16H2,1-2H3. The number of rotatable bonds is 5. The summed E-state index contributed by atoms with van der Waals surface area (Å²) >= 11 is 0. The summed E-state index contributed by atoms with van der Waals surface area (Å²) in [6.07, 6.45) is 4.37. The van der Waals surface area contributed by atoms with Crippen LogP contribution in [0.5, 0.6) is 0 Å². The second-order valence-electron chi connectivity index (χ2n) is 8.69. The predicted molar refractivity (Wildman–Crippen MR) is 120 cm³/mol. The van der Waals surface area contributed by atoms with E-state index in [4.69, 9.17) is 0 Å². The molecule has 3 unspecified atom stereocenters. The summed E-state index contributed by atoms with van der Waals surface area (Å²) in [6.45, 7) is 3.47. The van der Waals surface area contributed by atoms with Crippen LogP contribution >= 0.6 is 0 Å². The number of likely N-dealkylation sites (tertiary alicyclic amines) is 1. The van der Waals surface area contributed by atoms with E-state index in [-0.39, 0.29) is 23.8 Å². The molecule has 0 radical (unpaired) electrons. The van der Waals surface area contributed by atoms with E-state index in [2.05, 4.69) is 54.1 Å². The second kappa shape index (κ2) is 8.52. The third-order valence-corrected chi connectivity index (χ3v) is 7.07. The molecule has 160 valence electrons. The van der Waals surface area contributed by atoms with Crippen LogP contribution in [0.25, 0.3) is 11.1 Å². The van der Waals surface area contributed by atoms with Crippen molar-refractivity contribution in [1.82, 2.24) is 9.62 Å². The topological polar surface area (TPSA) is 66.5 Å². The third kappa shape index (κ3) is 4.76. The van der Waals surface area contributed by atoms with E-state index in [1.54, 1.807) is 0 Å². The SMILES string of the molecule is Cc1cccc(-c2ccccc2)c1C1CC1C(=O)N1CCCC(NS(C)(=O)=O)CC1. The van der Waals surface area contributed by atoms with Crippen molar-refractivity contribution in [3.05, 3.63) is 59.7 Å². The highest BCUT2D eigenvalue weighted by atomic mass is 32.2. The minimum absolute atomic E-state index is 0.0352. The van der Waals surface area contributed by atoms with Crippen LogP contribution in [0.4, 0.5) is 0 Å². The molecule has 3 atom stereocenters. The van der Waals surface area contributed by atoms with Crippen LogP contribution in [-0.4, -0.2) is 44.6 Å². The average Bonchev–Trinajstić information content (AvgIpc) is 3.51. The Balaban J connectivity index is 1.47.